The molecular formula is C31H45F3N6O4. The van der Waals surface area contributed by atoms with Crippen molar-refractivity contribution in [3.05, 3.63) is 41.2 Å². The van der Waals surface area contributed by atoms with E-state index in [0.717, 1.165) is 37.9 Å². The van der Waals surface area contributed by atoms with Crippen LogP contribution < -0.4 is 5.32 Å². The minimum Gasteiger partial charge on any atom is -0.385 e. The van der Waals surface area contributed by atoms with Crippen LogP contribution in [0.15, 0.2) is 24.3 Å². The van der Waals surface area contributed by atoms with Crippen LogP contribution in [0.1, 0.15) is 62.7 Å². The van der Waals surface area contributed by atoms with Gasteiger partial charge in [0.2, 0.25) is 5.91 Å². The molecule has 0 radical (unpaired) electrons. The maximum absolute atomic E-state index is 13.5. The Morgan fingerprint density at radius 2 is 2.02 bits per heavy atom. The largest absolute Gasteiger partial charge is 0.416 e. The van der Waals surface area contributed by atoms with Crippen LogP contribution in [0.2, 0.25) is 0 Å². The van der Waals surface area contributed by atoms with Gasteiger partial charge >= 0.3 is 6.18 Å². The van der Waals surface area contributed by atoms with E-state index in [-0.39, 0.29) is 34.9 Å². The van der Waals surface area contributed by atoms with Gasteiger partial charge in [0.05, 0.1) is 36.1 Å². The molecule has 244 valence electrons. The molecule has 4 atom stereocenters. The smallest absolute Gasteiger partial charge is 0.385 e. The van der Waals surface area contributed by atoms with Crippen molar-refractivity contribution in [3.8, 4) is 5.69 Å². The predicted octanol–water partition coefficient (Wildman–Crippen LogP) is 3.43. The number of hydrogen-bond acceptors (Lipinski definition) is 8. The summed E-state index contributed by atoms with van der Waals surface area (Å²) in [5, 5.41) is 24.1. The monoisotopic (exact) mass is 622 g/mol. The Hall–Kier alpha value is -2.58. The van der Waals surface area contributed by atoms with E-state index >= 15 is 0 Å². The number of carbonyl (C=O) groups is 1. The number of nitrogens with zero attached hydrogens (tertiary/aromatic N) is 5. The van der Waals surface area contributed by atoms with E-state index in [2.05, 4.69) is 34.4 Å². The van der Waals surface area contributed by atoms with Crippen LogP contribution in [0.5, 0.6) is 0 Å². The number of benzene rings is 1. The minimum absolute atomic E-state index is 0.0211. The van der Waals surface area contributed by atoms with Crippen LogP contribution in [-0.4, -0.2) is 102 Å². The third-order valence-corrected chi connectivity index (χ3v) is 9.10. The number of amides is 1. The number of aromatic nitrogens is 3. The molecule has 13 heteroatoms. The van der Waals surface area contributed by atoms with Gasteiger partial charge in [-0.2, -0.15) is 13.2 Å². The molecule has 1 aromatic heterocycles. The number of piperidine rings is 1. The normalized spacial score (nSPS) is 24.8. The molecule has 2 N–H and O–H groups in total. The summed E-state index contributed by atoms with van der Waals surface area (Å²) >= 11 is 0. The molecule has 3 fully saturated rings. The van der Waals surface area contributed by atoms with Crippen LogP contribution in [0.4, 0.5) is 13.2 Å². The summed E-state index contributed by atoms with van der Waals surface area (Å²) in [6, 6.07) is 5.03. The molecule has 3 heterocycles. The van der Waals surface area contributed by atoms with E-state index < -0.39 is 18.0 Å². The summed E-state index contributed by atoms with van der Waals surface area (Å²) in [7, 11) is 1.62. The average molecular weight is 623 g/mol. The quantitative estimate of drug-likeness (QED) is 0.274. The Morgan fingerprint density at radius 3 is 2.73 bits per heavy atom. The number of alkyl halides is 3. The topological polar surface area (TPSA) is 105 Å². The van der Waals surface area contributed by atoms with Crippen molar-refractivity contribution in [2.45, 2.75) is 64.4 Å². The van der Waals surface area contributed by atoms with E-state index in [0.29, 0.717) is 70.2 Å². The van der Waals surface area contributed by atoms with E-state index in [1.807, 2.05) is 4.90 Å². The molecule has 1 amide bonds. The van der Waals surface area contributed by atoms with E-state index in [1.54, 1.807) is 13.2 Å². The Labute approximate surface area is 256 Å². The van der Waals surface area contributed by atoms with Crippen LogP contribution in [0.25, 0.3) is 5.69 Å². The first-order valence-electron chi connectivity index (χ1n) is 15.7. The van der Waals surface area contributed by atoms with Gasteiger partial charge in [-0.15, -0.1) is 5.10 Å². The summed E-state index contributed by atoms with van der Waals surface area (Å²) in [6.45, 7) is 9.04. The number of carbonyl (C=O) groups excluding carboxylic acids is 1. The second kappa shape index (κ2) is 13.8. The Bertz CT molecular complexity index is 1270. The summed E-state index contributed by atoms with van der Waals surface area (Å²) in [4.78, 5) is 17.3. The number of aliphatic hydroxyl groups is 1. The molecule has 0 bridgehead atoms. The minimum atomic E-state index is -4.50. The zero-order valence-corrected chi connectivity index (χ0v) is 25.9. The molecule has 10 nitrogen and oxygen atoms in total. The number of ether oxygens (including phenoxy) is 2. The SMILES string of the molecule is COCCCCc1c(C(O)N(CC(C)C)C2CC23CNC[C@H](C(=O)N2CCOCC2)C3)nnn1-c1cccc(C(F)(F)F)c1. The molecule has 1 aliphatic carbocycles. The molecule has 2 aliphatic heterocycles. The zero-order valence-electron chi connectivity index (χ0n) is 25.9. The van der Waals surface area contributed by atoms with Gasteiger partial charge in [-0.05, 0) is 56.2 Å². The highest BCUT2D eigenvalue weighted by molar-refractivity contribution is 5.79. The molecule has 2 aromatic rings. The molecule has 1 aromatic carbocycles. The number of rotatable bonds is 12. The standard InChI is InChI=1S/C31H45F3N6O4/c1-21(2)19-39(26-17-30(26)16-22(18-35-20-30)28(41)38-10-13-44-14-11-38)29(42)27-25(9-4-5-12-43-3)40(37-36-27)24-8-6-7-23(15-24)31(32,33)34/h6-8,15,21-22,26,29,35,42H,4-5,9-14,16-20H2,1-3H3/t22-,26?,29?,30?/m1/s1. The number of methoxy groups -OCH3 is 1. The Kier molecular flexibility index (Phi) is 10.3. The molecule has 1 saturated carbocycles. The first-order valence-corrected chi connectivity index (χ1v) is 15.7. The van der Waals surface area contributed by atoms with Gasteiger partial charge in [0.1, 0.15) is 5.69 Å². The average Bonchev–Trinajstić information content (AvgIpc) is 3.50. The molecule has 2 saturated heterocycles. The fourth-order valence-corrected chi connectivity index (χ4v) is 6.84. The summed E-state index contributed by atoms with van der Waals surface area (Å²) in [5.41, 5.74) is 0.249. The summed E-state index contributed by atoms with van der Waals surface area (Å²) < 4.78 is 52.7. The highest BCUT2D eigenvalue weighted by Gasteiger charge is 2.60. The van der Waals surface area contributed by atoms with Gasteiger partial charge in [-0.25, -0.2) is 4.68 Å². The van der Waals surface area contributed by atoms with Crippen LogP contribution in [0, 0.1) is 17.3 Å². The maximum atomic E-state index is 13.5. The lowest BCUT2D eigenvalue weighted by Crippen LogP contribution is -2.51. The number of morpholine rings is 1. The van der Waals surface area contributed by atoms with Crippen molar-refractivity contribution < 1.29 is 32.5 Å². The highest BCUT2D eigenvalue weighted by Crippen LogP contribution is 2.56. The number of halogens is 3. The highest BCUT2D eigenvalue weighted by atomic mass is 19.4. The molecule has 3 aliphatic rings. The summed E-state index contributed by atoms with van der Waals surface area (Å²) in [5.74, 6) is 0.250. The van der Waals surface area contributed by atoms with E-state index in [1.165, 1.54) is 10.7 Å². The fraction of sp³-hybridized carbons (Fsp3) is 0.710. The van der Waals surface area contributed by atoms with Crippen molar-refractivity contribution in [1.29, 1.82) is 0 Å². The van der Waals surface area contributed by atoms with E-state index in [9.17, 15) is 23.1 Å². The first kappa shape index (κ1) is 32.8. The number of unbranched alkanes of at least 4 members (excludes halogenated alkanes) is 1. The second-order valence-corrected chi connectivity index (χ2v) is 12.8. The molecular weight excluding hydrogens is 577 g/mol. The number of hydrogen-bond donors (Lipinski definition) is 2. The fourth-order valence-electron chi connectivity index (χ4n) is 6.84. The molecule has 3 unspecified atom stereocenters. The van der Waals surface area contributed by atoms with Crippen molar-refractivity contribution in [3.63, 3.8) is 0 Å². The number of nitrogens with one attached hydrogen (secondary N) is 1. The molecule has 44 heavy (non-hydrogen) atoms. The van der Waals surface area contributed by atoms with Crippen molar-refractivity contribution in [2.24, 2.45) is 17.3 Å². The lowest BCUT2D eigenvalue weighted by Gasteiger charge is -2.37. The molecule has 1 spiro atoms. The van der Waals surface area contributed by atoms with Gasteiger partial charge in [-0.1, -0.05) is 25.1 Å². The van der Waals surface area contributed by atoms with Gasteiger partial charge < -0.3 is 24.8 Å². The van der Waals surface area contributed by atoms with Crippen molar-refractivity contribution in [1.82, 2.24) is 30.1 Å². The Morgan fingerprint density at radius 1 is 1.25 bits per heavy atom. The third kappa shape index (κ3) is 7.28. The van der Waals surface area contributed by atoms with Crippen LogP contribution >= 0.6 is 0 Å². The van der Waals surface area contributed by atoms with Crippen LogP contribution in [0.3, 0.4) is 0 Å². The number of aliphatic hydroxyl groups excluding tert-OH is 1. The van der Waals surface area contributed by atoms with Gasteiger partial charge in [-0.3, -0.25) is 9.69 Å². The lowest BCUT2D eigenvalue weighted by atomic mass is 9.86. The summed E-state index contributed by atoms with van der Waals surface area (Å²) in [6.07, 6.45) is -2.14. The van der Waals surface area contributed by atoms with Gasteiger partial charge in [0, 0.05) is 57.9 Å². The zero-order chi connectivity index (χ0) is 31.5. The third-order valence-electron chi connectivity index (χ3n) is 9.10. The van der Waals surface area contributed by atoms with Crippen LogP contribution in [-0.2, 0) is 26.9 Å². The first-order chi connectivity index (χ1) is 21.0. The second-order valence-electron chi connectivity index (χ2n) is 12.8. The van der Waals surface area contributed by atoms with Gasteiger partial charge in [0.25, 0.3) is 0 Å². The predicted molar refractivity (Wildman–Crippen MR) is 157 cm³/mol. The van der Waals surface area contributed by atoms with E-state index in [4.69, 9.17) is 9.47 Å². The van der Waals surface area contributed by atoms with Crippen molar-refractivity contribution in [2.75, 3.05) is 59.7 Å². The van der Waals surface area contributed by atoms with Crippen molar-refractivity contribution >= 4 is 5.91 Å². The van der Waals surface area contributed by atoms with Gasteiger partial charge in [0.15, 0.2) is 6.23 Å². The Balaban J connectivity index is 1.41. The maximum Gasteiger partial charge on any atom is 0.416 e. The lowest BCUT2D eigenvalue weighted by molar-refractivity contribution is -0.141. The molecule has 5 rings (SSSR count).